The Morgan fingerprint density at radius 2 is 2.00 bits per heavy atom. The van der Waals surface area contributed by atoms with Crippen LogP contribution in [0, 0.1) is 0 Å². The molecule has 4 heteroatoms. The normalized spacial score (nSPS) is 12.1. The van der Waals surface area contributed by atoms with Crippen molar-refractivity contribution in [1.82, 2.24) is 0 Å². The number of aromatic hydroxyl groups is 1. The van der Waals surface area contributed by atoms with Gasteiger partial charge in [-0.3, -0.25) is 0 Å². The average molecular weight is 224 g/mol. The maximum absolute atomic E-state index is 11.4. The molecule has 16 heavy (non-hydrogen) atoms. The molecule has 1 atom stereocenters. The first-order valence-corrected chi connectivity index (χ1v) is 5.14. The third-order valence-corrected chi connectivity index (χ3v) is 2.19. The van der Waals surface area contributed by atoms with Gasteiger partial charge in [-0.1, -0.05) is 12.1 Å². The number of carbonyl (C=O) groups excluding carboxylic acids is 1. The van der Waals surface area contributed by atoms with Gasteiger partial charge >= 0.3 is 5.97 Å². The van der Waals surface area contributed by atoms with Crippen LogP contribution in [0.3, 0.4) is 0 Å². The third kappa shape index (κ3) is 3.55. The molecule has 0 spiro atoms. The molecule has 88 valence electrons. The maximum atomic E-state index is 11.4. The van der Waals surface area contributed by atoms with Crippen LogP contribution in [0.15, 0.2) is 24.3 Å². The van der Waals surface area contributed by atoms with E-state index in [4.69, 9.17) is 9.84 Å². The van der Waals surface area contributed by atoms with E-state index in [1.807, 2.05) is 6.92 Å². The summed E-state index contributed by atoms with van der Waals surface area (Å²) in [6.07, 6.45) is -0.139. The Hall–Kier alpha value is -1.55. The summed E-state index contributed by atoms with van der Waals surface area (Å²) in [5.41, 5.74) is 0.918. The minimum atomic E-state index is -0.584. The molecule has 0 radical (unpaired) electrons. The zero-order valence-electron chi connectivity index (χ0n) is 9.47. The second-order valence-corrected chi connectivity index (χ2v) is 3.34. The second kappa shape index (κ2) is 6.12. The average Bonchev–Trinajstić information content (AvgIpc) is 2.30. The highest BCUT2D eigenvalue weighted by Gasteiger charge is 2.19. The molecule has 0 amide bonds. The van der Waals surface area contributed by atoms with Crippen LogP contribution < -0.4 is 0 Å². The summed E-state index contributed by atoms with van der Waals surface area (Å²) < 4.78 is 9.94. The fourth-order valence-electron chi connectivity index (χ4n) is 1.39. The lowest BCUT2D eigenvalue weighted by Gasteiger charge is -2.14. The lowest BCUT2D eigenvalue weighted by atomic mass is 10.1. The van der Waals surface area contributed by atoms with E-state index in [9.17, 15) is 4.79 Å². The molecule has 0 fully saturated rings. The molecule has 0 saturated carbocycles. The van der Waals surface area contributed by atoms with Crippen molar-refractivity contribution in [3.05, 3.63) is 29.8 Å². The van der Waals surface area contributed by atoms with E-state index in [2.05, 4.69) is 4.74 Å². The van der Waals surface area contributed by atoms with Crippen molar-refractivity contribution < 1.29 is 19.4 Å². The summed E-state index contributed by atoms with van der Waals surface area (Å²) in [6, 6.07) is 6.67. The number of ether oxygens (including phenoxy) is 2. The van der Waals surface area contributed by atoms with Gasteiger partial charge < -0.3 is 14.6 Å². The predicted molar refractivity (Wildman–Crippen MR) is 59.2 cm³/mol. The summed E-state index contributed by atoms with van der Waals surface area (Å²) in [6.45, 7) is 2.28. The van der Waals surface area contributed by atoms with Gasteiger partial charge in [0.05, 0.1) is 7.11 Å². The van der Waals surface area contributed by atoms with Crippen molar-refractivity contribution in [2.24, 2.45) is 0 Å². The van der Waals surface area contributed by atoms with Crippen LogP contribution in [0.25, 0.3) is 0 Å². The van der Waals surface area contributed by atoms with E-state index in [0.717, 1.165) is 5.56 Å². The highest BCUT2D eigenvalue weighted by atomic mass is 16.6. The van der Waals surface area contributed by atoms with Gasteiger partial charge in [-0.2, -0.15) is 0 Å². The van der Waals surface area contributed by atoms with Crippen molar-refractivity contribution in [2.75, 3.05) is 13.7 Å². The molecule has 0 bridgehead atoms. The summed E-state index contributed by atoms with van der Waals surface area (Å²) in [4.78, 5) is 11.4. The molecule has 0 aliphatic carbocycles. The molecule has 1 rings (SSSR count). The first kappa shape index (κ1) is 12.5. The lowest BCUT2D eigenvalue weighted by molar-refractivity contribution is -0.153. The van der Waals surface area contributed by atoms with E-state index >= 15 is 0 Å². The van der Waals surface area contributed by atoms with Crippen molar-refractivity contribution in [3.8, 4) is 5.75 Å². The molecule has 0 saturated heterocycles. The number of benzene rings is 1. The fraction of sp³-hybridized carbons (Fsp3) is 0.417. The topological polar surface area (TPSA) is 55.8 Å². The highest BCUT2D eigenvalue weighted by molar-refractivity contribution is 5.74. The Morgan fingerprint density at radius 3 is 2.50 bits per heavy atom. The Balaban J connectivity index is 2.67. The predicted octanol–water partition coefficient (Wildman–Crippen LogP) is 1.51. The molecular formula is C12H16O4. The number of rotatable bonds is 5. The Kier molecular flexibility index (Phi) is 4.79. The van der Waals surface area contributed by atoms with Crippen LogP contribution >= 0.6 is 0 Å². The summed E-state index contributed by atoms with van der Waals surface area (Å²) in [5, 5.41) is 9.13. The van der Waals surface area contributed by atoms with Crippen LogP contribution in [0.1, 0.15) is 12.5 Å². The first-order chi connectivity index (χ1) is 7.67. The molecule has 4 nitrogen and oxygen atoms in total. The van der Waals surface area contributed by atoms with Gasteiger partial charge in [0.25, 0.3) is 0 Å². The number of esters is 1. The van der Waals surface area contributed by atoms with Gasteiger partial charge in [-0.25, -0.2) is 4.79 Å². The minimum absolute atomic E-state index is 0.203. The quantitative estimate of drug-likeness (QED) is 0.770. The summed E-state index contributed by atoms with van der Waals surface area (Å²) in [5.74, 6) is -0.176. The molecule has 1 aromatic rings. The largest absolute Gasteiger partial charge is 0.508 e. The molecular weight excluding hydrogens is 208 g/mol. The van der Waals surface area contributed by atoms with Gasteiger partial charge in [0.15, 0.2) is 6.10 Å². The summed E-state index contributed by atoms with van der Waals surface area (Å²) in [7, 11) is 1.34. The molecule has 0 unspecified atom stereocenters. The minimum Gasteiger partial charge on any atom is -0.508 e. The SMILES string of the molecule is CCO[C@H](Cc1ccc(O)cc1)C(=O)OC. The maximum Gasteiger partial charge on any atom is 0.335 e. The van der Waals surface area contributed by atoms with Crippen LogP contribution in [0.2, 0.25) is 0 Å². The number of phenols is 1. The molecule has 0 aliphatic rings. The van der Waals surface area contributed by atoms with Crippen LogP contribution in [-0.4, -0.2) is 30.9 Å². The van der Waals surface area contributed by atoms with Crippen molar-refractivity contribution in [3.63, 3.8) is 0 Å². The Bertz CT molecular complexity index is 331. The summed E-state index contributed by atoms with van der Waals surface area (Å²) >= 11 is 0. The van der Waals surface area contributed by atoms with E-state index in [1.165, 1.54) is 7.11 Å². The highest BCUT2D eigenvalue weighted by Crippen LogP contribution is 2.13. The zero-order valence-corrected chi connectivity index (χ0v) is 9.47. The molecule has 1 N–H and O–H groups in total. The monoisotopic (exact) mass is 224 g/mol. The lowest BCUT2D eigenvalue weighted by Crippen LogP contribution is -2.27. The number of carbonyl (C=O) groups is 1. The molecule has 0 heterocycles. The first-order valence-electron chi connectivity index (χ1n) is 5.14. The molecule has 0 aliphatic heterocycles. The number of methoxy groups -OCH3 is 1. The van der Waals surface area contributed by atoms with Gasteiger partial charge in [0, 0.05) is 13.0 Å². The fourth-order valence-corrected chi connectivity index (χ4v) is 1.39. The number of phenolic OH excluding ortho intramolecular Hbond substituents is 1. The van der Waals surface area contributed by atoms with E-state index in [1.54, 1.807) is 24.3 Å². The Labute approximate surface area is 94.8 Å². The van der Waals surface area contributed by atoms with E-state index in [-0.39, 0.29) is 11.7 Å². The molecule has 0 aromatic heterocycles. The van der Waals surface area contributed by atoms with Crippen LogP contribution in [0.5, 0.6) is 5.75 Å². The second-order valence-electron chi connectivity index (χ2n) is 3.34. The smallest absolute Gasteiger partial charge is 0.335 e. The molecule has 1 aromatic carbocycles. The van der Waals surface area contributed by atoms with Gasteiger partial charge in [-0.05, 0) is 24.6 Å². The van der Waals surface area contributed by atoms with E-state index in [0.29, 0.717) is 13.0 Å². The van der Waals surface area contributed by atoms with Gasteiger partial charge in [-0.15, -0.1) is 0 Å². The van der Waals surface area contributed by atoms with Crippen molar-refractivity contribution >= 4 is 5.97 Å². The van der Waals surface area contributed by atoms with Crippen LogP contribution in [0.4, 0.5) is 0 Å². The zero-order chi connectivity index (χ0) is 12.0. The third-order valence-electron chi connectivity index (χ3n) is 2.19. The van der Waals surface area contributed by atoms with Crippen molar-refractivity contribution in [2.45, 2.75) is 19.4 Å². The standard InChI is InChI=1S/C12H16O4/c1-3-16-11(12(14)15-2)8-9-4-6-10(13)7-5-9/h4-7,11,13H,3,8H2,1-2H3/t11-/m1/s1. The van der Waals surface area contributed by atoms with Crippen molar-refractivity contribution in [1.29, 1.82) is 0 Å². The van der Waals surface area contributed by atoms with Gasteiger partial charge in [0.2, 0.25) is 0 Å². The van der Waals surface area contributed by atoms with Gasteiger partial charge in [0.1, 0.15) is 5.75 Å². The van der Waals surface area contributed by atoms with Crippen LogP contribution in [-0.2, 0) is 20.7 Å². The number of hydrogen-bond acceptors (Lipinski definition) is 4. The Morgan fingerprint density at radius 1 is 1.38 bits per heavy atom. The van der Waals surface area contributed by atoms with E-state index < -0.39 is 6.10 Å². The number of hydrogen-bond donors (Lipinski definition) is 1.